The van der Waals surface area contributed by atoms with Crippen molar-refractivity contribution in [1.82, 2.24) is 0 Å². The Hall–Kier alpha value is -1.98. The molecule has 6 heteroatoms. The second-order valence-corrected chi connectivity index (χ2v) is 2.83. The first kappa shape index (κ1) is 11.1. The summed E-state index contributed by atoms with van der Waals surface area (Å²) in [5.41, 5.74) is 10.3. The highest BCUT2D eigenvalue weighted by molar-refractivity contribution is 5.99. The van der Waals surface area contributed by atoms with E-state index in [9.17, 15) is 8.78 Å². The van der Waals surface area contributed by atoms with Crippen molar-refractivity contribution in [3.63, 3.8) is 0 Å². The number of hydrogen-bond donors (Lipinski definition) is 2. The lowest BCUT2D eigenvalue weighted by Crippen LogP contribution is -2.22. The molecule has 0 aromatic heterocycles. The van der Waals surface area contributed by atoms with Gasteiger partial charge in [0, 0.05) is 5.56 Å². The van der Waals surface area contributed by atoms with Gasteiger partial charge in [-0.25, -0.2) is 8.78 Å². The smallest absolute Gasteiger partial charge is 0.211 e. The Morgan fingerprint density at radius 3 is 2.47 bits per heavy atom. The summed E-state index contributed by atoms with van der Waals surface area (Å²) in [6, 6.07) is 3.06. The van der Waals surface area contributed by atoms with Crippen LogP contribution in [0.15, 0.2) is 28.4 Å². The van der Waals surface area contributed by atoms with Crippen LogP contribution >= 0.6 is 0 Å². The molecule has 1 aromatic rings. The monoisotopic (exact) mass is 212 g/mol. The van der Waals surface area contributed by atoms with Crippen molar-refractivity contribution in [1.29, 1.82) is 0 Å². The molecular formula is C9H10F2N4. The van der Waals surface area contributed by atoms with Gasteiger partial charge in [0.05, 0.1) is 5.71 Å². The number of hydrogen-bond acceptors (Lipinski definition) is 2. The third-order valence-corrected chi connectivity index (χ3v) is 1.63. The quantitative estimate of drug-likeness (QED) is 0.435. The summed E-state index contributed by atoms with van der Waals surface area (Å²) < 4.78 is 26.0. The molecule has 0 radical (unpaired) electrons. The number of nitrogens with two attached hydrogens (primary N) is 2. The Morgan fingerprint density at radius 1 is 1.20 bits per heavy atom. The standard InChI is InChI=1S/C9H10F2N4/c1-5(14-15-9(12)13)7-4-6(10)2-3-8(7)11/h2-4H,1H3,(H4,12,13,15)/b14-5-. The zero-order valence-corrected chi connectivity index (χ0v) is 8.04. The van der Waals surface area contributed by atoms with Crippen LogP contribution < -0.4 is 11.5 Å². The molecule has 0 aliphatic heterocycles. The van der Waals surface area contributed by atoms with Gasteiger partial charge in [0.2, 0.25) is 5.96 Å². The van der Waals surface area contributed by atoms with Crippen LogP contribution in [0.1, 0.15) is 12.5 Å². The molecule has 1 rings (SSSR count). The van der Waals surface area contributed by atoms with E-state index in [0.717, 1.165) is 18.2 Å². The van der Waals surface area contributed by atoms with E-state index < -0.39 is 11.6 Å². The summed E-state index contributed by atoms with van der Waals surface area (Å²) in [4.78, 5) is 0. The van der Waals surface area contributed by atoms with Crippen molar-refractivity contribution >= 4 is 11.7 Å². The molecule has 0 atom stereocenters. The average molecular weight is 212 g/mol. The highest BCUT2D eigenvalue weighted by Crippen LogP contribution is 2.10. The van der Waals surface area contributed by atoms with Crippen LogP contribution in [0, 0.1) is 11.6 Å². The van der Waals surface area contributed by atoms with Crippen molar-refractivity contribution < 1.29 is 8.78 Å². The van der Waals surface area contributed by atoms with E-state index in [4.69, 9.17) is 11.5 Å². The summed E-state index contributed by atoms with van der Waals surface area (Å²) in [6.45, 7) is 1.48. The van der Waals surface area contributed by atoms with E-state index in [1.54, 1.807) is 0 Å². The lowest BCUT2D eigenvalue weighted by atomic mass is 10.1. The third kappa shape index (κ3) is 3.01. The van der Waals surface area contributed by atoms with Gasteiger partial charge < -0.3 is 11.5 Å². The fraction of sp³-hybridized carbons (Fsp3) is 0.111. The molecule has 0 spiro atoms. The topological polar surface area (TPSA) is 76.8 Å². The third-order valence-electron chi connectivity index (χ3n) is 1.63. The maximum absolute atomic E-state index is 13.2. The van der Waals surface area contributed by atoms with Gasteiger partial charge in [-0.3, -0.25) is 0 Å². The first-order chi connectivity index (χ1) is 7.00. The Morgan fingerprint density at radius 2 is 1.87 bits per heavy atom. The number of guanidine groups is 1. The van der Waals surface area contributed by atoms with Crippen molar-refractivity contribution in [2.24, 2.45) is 21.7 Å². The number of nitrogens with zero attached hydrogens (tertiary/aromatic N) is 2. The molecule has 4 N–H and O–H groups in total. The van der Waals surface area contributed by atoms with E-state index in [0.29, 0.717) is 0 Å². The van der Waals surface area contributed by atoms with Crippen molar-refractivity contribution in [2.45, 2.75) is 6.92 Å². The molecule has 0 fully saturated rings. The molecule has 1 aromatic carbocycles. The van der Waals surface area contributed by atoms with Crippen LogP contribution in [-0.4, -0.2) is 11.7 Å². The fourth-order valence-corrected chi connectivity index (χ4v) is 0.961. The van der Waals surface area contributed by atoms with Crippen molar-refractivity contribution in [3.8, 4) is 0 Å². The first-order valence-electron chi connectivity index (χ1n) is 4.09. The summed E-state index contributed by atoms with van der Waals surface area (Å²) in [5.74, 6) is -1.37. The SMILES string of the molecule is C/C(=N/N=C(N)N)c1cc(F)ccc1F. The lowest BCUT2D eigenvalue weighted by molar-refractivity contribution is 0.598. The molecule has 0 saturated heterocycles. The van der Waals surface area contributed by atoms with Gasteiger partial charge in [-0.2, -0.15) is 5.10 Å². The molecule has 0 amide bonds. The number of halogens is 2. The summed E-state index contributed by atoms with van der Waals surface area (Å²) >= 11 is 0. The van der Waals surface area contributed by atoms with Crippen LogP contribution in [0.25, 0.3) is 0 Å². The Bertz CT molecular complexity index is 422. The average Bonchev–Trinajstić information content (AvgIpc) is 2.18. The largest absolute Gasteiger partial charge is 0.369 e. The molecule has 0 saturated carbocycles. The van der Waals surface area contributed by atoms with Crippen LogP contribution in [0.5, 0.6) is 0 Å². The van der Waals surface area contributed by atoms with Gasteiger partial charge in [-0.1, -0.05) is 0 Å². The van der Waals surface area contributed by atoms with Crippen LogP contribution in [-0.2, 0) is 0 Å². The van der Waals surface area contributed by atoms with Gasteiger partial charge in [0.25, 0.3) is 0 Å². The molecule has 0 aliphatic carbocycles. The van der Waals surface area contributed by atoms with Crippen molar-refractivity contribution in [2.75, 3.05) is 0 Å². The molecule has 0 unspecified atom stereocenters. The van der Waals surface area contributed by atoms with E-state index in [1.807, 2.05) is 0 Å². The second kappa shape index (κ2) is 4.50. The molecular weight excluding hydrogens is 202 g/mol. The Labute approximate surface area is 85.3 Å². The molecule has 15 heavy (non-hydrogen) atoms. The first-order valence-corrected chi connectivity index (χ1v) is 4.09. The lowest BCUT2D eigenvalue weighted by Gasteiger charge is -2.00. The molecule has 0 aliphatic rings. The molecule has 0 heterocycles. The minimum atomic E-state index is -0.580. The van der Waals surface area contributed by atoms with E-state index in [-0.39, 0.29) is 17.2 Å². The summed E-state index contributed by atoms with van der Waals surface area (Å²) in [7, 11) is 0. The predicted octanol–water partition coefficient (Wildman–Crippen LogP) is 0.962. The highest BCUT2D eigenvalue weighted by atomic mass is 19.1. The zero-order chi connectivity index (χ0) is 11.4. The number of rotatable bonds is 2. The summed E-state index contributed by atoms with van der Waals surface area (Å²) in [6.07, 6.45) is 0. The normalized spacial score (nSPS) is 11.3. The van der Waals surface area contributed by atoms with Gasteiger partial charge >= 0.3 is 0 Å². The molecule has 80 valence electrons. The minimum absolute atomic E-state index is 0.0278. The van der Waals surface area contributed by atoms with E-state index in [2.05, 4.69) is 10.2 Å². The highest BCUT2D eigenvalue weighted by Gasteiger charge is 2.06. The van der Waals surface area contributed by atoms with Crippen LogP contribution in [0.2, 0.25) is 0 Å². The number of benzene rings is 1. The Balaban J connectivity index is 3.10. The van der Waals surface area contributed by atoms with E-state index in [1.165, 1.54) is 6.92 Å². The van der Waals surface area contributed by atoms with E-state index >= 15 is 0 Å². The zero-order valence-electron chi connectivity index (χ0n) is 8.04. The fourth-order valence-electron chi connectivity index (χ4n) is 0.961. The molecule has 4 nitrogen and oxygen atoms in total. The molecule has 0 bridgehead atoms. The van der Waals surface area contributed by atoms with Gasteiger partial charge in [-0.15, -0.1) is 5.10 Å². The van der Waals surface area contributed by atoms with Gasteiger partial charge in [0.1, 0.15) is 11.6 Å². The predicted molar refractivity (Wildman–Crippen MR) is 54.4 cm³/mol. The van der Waals surface area contributed by atoms with Crippen molar-refractivity contribution in [3.05, 3.63) is 35.4 Å². The van der Waals surface area contributed by atoms with Crippen LogP contribution in [0.4, 0.5) is 8.78 Å². The summed E-state index contributed by atoms with van der Waals surface area (Å²) in [5, 5.41) is 6.89. The van der Waals surface area contributed by atoms with Crippen LogP contribution in [0.3, 0.4) is 0 Å². The maximum atomic E-state index is 13.2. The second-order valence-electron chi connectivity index (χ2n) is 2.83. The van der Waals surface area contributed by atoms with Gasteiger partial charge in [-0.05, 0) is 25.1 Å². The maximum Gasteiger partial charge on any atom is 0.211 e. The minimum Gasteiger partial charge on any atom is -0.369 e. The Kier molecular flexibility index (Phi) is 3.33. The van der Waals surface area contributed by atoms with Gasteiger partial charge in [0.15, 0.2) is 0 Å².